The Kier molecular flexibility index (Phi) is 9.42. The van der Waals surface area contributed by atoms with Gasteiger partial charge in [0.2, 0.25) is 21.8 Å². The van der Waals surface area contributed by atoms with Gasteiger partial charge in [-0.25, -0.2) is 13.4 Å². The number of nitrogens with one attached hydrogen (secondary N) is 3. The van der Waals surface area contributed by atoms with Crippen LogP contribution in [-0.2, 0) is 29.2 Å². The monoisotopic (exact) mass is 789 g/mol. The Morgan fingerprint density at radius 1 is 1.00 bits per heavy atom. The zero-order chi connectivity index (χ0) is 41.0. The third-order valence-electron chi connectivity index (χ3n) is 14.8. The van der Waals surface area contributed by atoms with Crippen LogP contribution >= 0.6 is 0 Å². The van der Waals surface area contributed by atoms with Crippen LogP contribution in [-0.4, -0.2) is 76.5 Å². The molecule has 3 amide bonds. The van der Waals surface area contributed by atoms with Gasteiger partial charge in [0.1, 0.15) is 0 Å². The predicted molar refractivity (Wildman–Crippen MR) is 212 cm³/mol. The number of hydrogen-bond acceptors (Lipinski definition) is 8. The van der Waals surface area contributed by atoms with Gasteiger partial charge in [0.05, 0.1) is 33.8 Å². The minimum absolute atomic E-state index is 0.00944. The second-order valence-corrected chi connectivity index (χ2v) is 22.3. The molecule has 1 aromatic heterocycles. The molecule has 13 heteroatoms. The lowest BCUT2D eigenvalue weighted by Crippen LogP contribution is -2.52. The molecule has 1 saturated heterocycles. The van der Waals surface area contributed by atoms with Crippen LogP contribution in [0.1, 0.15) is 124 Å². The number of nitrogens with zero attached hydrogens (tertiary/aromatic N) is 2. The molecule has 2 heterocycles. The fourth-order valence-corrected chi connectivity index (χ4v) is 12.1. The van der Waals surface area contributed by atoms with E-state index in [0.29, 0.717) is 43.3 Å². The van der Waals surface area contributed by atoms with Crippen LogP contribution in [0.5, 0.6) is 0 Å². The van der Waals surface area contributed by atoms with Crippen LogP contribution in [0.4, 0.5) is 0 Å². The van der Waals surface area contributed by atoms with Crippen molar-refractivity contribution < 1.29 is 32.4 Å². The minimum Gasteiger partial charge on any atom is -0.339 e. The Bertz CT molecular complexity index is 2080. The smallest absolute Gasteiger partial charge is 0.287 e. The van der Waals surface area contributed by atoms with Gasteiger partial charge in [-0.15, -0.1) is 6.58 Å². The van der Waals surface area contributed by atoms with Crippen molar-refractivity contribution in [3.8, 4) is 0 Å². The van der Waals surface area contributed by atoms with Crippen molar-refractivity contribution in [3.05, 3.63) is 42.7 Å². The first-order chi connectivity index (χ1) is 25.9. The number of aromatic amines is 1. The van der Waals surface area contributed by atoms with E-state index in [9.17, 15) is 27.6 Å². The van der Waals surface area contributed by atoms with Crippen LogP contribution in [0.3, 0.4) is 0 Å². The number of sulfonamides is 1. The molecule has 6 atom stereocenters. The average Bonchev–Trinajstić information content (AvgIpc) is 4.02. The molecule has 3 N–H and O–H groups in total. The molecule has 4 saturated carbocycles. The van der Waals surface area contributed by atoms with E-state index in [4.69, 9.17) is 0 Å². The summed E-state index contributed by atoms with van der Waals surface area (Å²) in [6.07, 6.45) is 6.15. The van der Waals surface area contributed by atoms with Gasteiger partial charge in [-0.05, 0) is 78.2 Å². The number of Topliss-reactive ketones (excluding diaryl/α,β-unsaturated/α-hetero) is 2. The predicted octanol–water partition coefficient (Wildman–Crippen LogP) is 5.89. The van der Waals surface area contributed by atoms with Gasteiger partial charge in [-0.1, -0.05) is 80.0 Å². The summed E-state index contributed by atoms with van der Waals surface area (Å²) in [5, 5.41) is 2.33. The molecule has 1 aromatic carbocycles. The Balaban J connectivity index is 1.16. The molecular weight excluding hydrogens is 731 g/mol. The SMILES string of the molecule is C=C[C@@H]1C[C@]1(CC(=O)[C@@H]1C[C@@]2(CN1C(=O)[C@@H](CC(=O)[C@@H](NC(=O)c1nc3ccccc3[nH]1)C(C)(C)C)C(C)(C)C)C(C)(C)C21CCC1)C(=O)NS(=O)(=O)C1CC1. The maximum absolute atomic E-state index is 15.2. The fourth-order valence-electron chi connectivity index (χ4n) is 10.7. The fraction of sp³-hybridized carbons (Fsp3) is 0.674. The lowest BCUT2D eigenvalue weighted by Gasteiger charge is -2.37. The van der Waals surface area contributed by atoms with Gasteiger partial charge in [0.25, 0.3) is 5.91 Å². The van der Waals surface area contributed by atoms with E-state index < -0.39 is 61.3 Å². The number of carbonyl (C=O) groups excluding carboxylic acids is 5. The number of hydrogen-bond donors (Lipinski definition) is 3. The highest BCUT2D eigenvalue weighted by Crippen LogP contribution is 2.88. The van der Waals surface area contributed by atoms with E-state index >= 15 is 4.79 Å². The van der Waals surface area contributed by atoms with Crippen molar-refractivity contribution in [2.45, 2.75) is 131 Å². The number of amides is 3. The molecule has 12 nitrogen and oxygen atoms in total. The second kappa shape index (κ2) is 13.1. The Hall–Kier alpha value is -3.87. The largest absolute Gasteiger partial charge is 0.339 e. The summed E-state index contributed by atoms with van der Waals surface area (Å²) >= 11 is 0. The number of allylic oxidation sites excluding steroid dienone is 1. The molecule has 56 heavy (non-hydrogen) atoms. The van der Waals surface area contributed by atoms with Gasteiger partial charge in [0.15, 0.2) is 17.4 Å². The number of fused-ring (bicyclic) bond motifs is 2. The molecule has 0 bridgehead atoms. The molecular formula is C43H59N5O7S. The number of rotatable bonds is 13. The standard InChI is InChI=1S/C43H59N5O7S/c1-10-25-21-41(25,37(53)47-56(54,55)26-16-17-26)23-32(50)30-22-43(40(8,9)42(43)18-13-19-42)24-48(30)36(52)27(38(2,3)4)20-31(49)33(39(5,6)7)46-35(51)34-44-28-14-11-12-15-29(28)45-34/h10-12,14-15,25-27,30,33H,1,13,16-24H2,2-9H3,(H,44,45)(H,46,51)(H,47,53)/t25-,27-,30+,33-,41-,43-/m1/s1. The molecule has 7 rings (SSSR count). The van der Waals surface area contributed by atoms with Gasteiger partial charge in [0, 0.05) is 30.7 Å². The van der Waals surface area contributed by atoms with Crippen LogP contribution in [0.25, 0.3) is 11.0 Å². The van der Waals surface area contributed by atoms with Gasteiger partial charge < -0.3 is 15.2 Å². The van der Waals surface area contributed by atoms with E-state index in [0.717, 1.165) is 19.3 Å². The number of imidazole rings is 1. The number of para-hydroxylation sites is 2. The molecule has 5 aliphatic rings. The molecule has 1 aliphatic heterocycles. The van der Waals surface area contributed by atoms with E-state index in [1.54, 1.807) is 17.0 Å². The van der Waals surface area contributed by atoms with Crippen LogP contribution in [0, 0.1) is 44.3 Å². The van der Waals surface area contributed by atoms with Crippen molar-refractivity contribution in [2.24, 2.45) is 44.3 Å². The summed E-state index contributed by atoms with van der Waals surface area (Å²) in [5.74, 6) is -3.15. The van der Waals surface area contributed by atoms with Crippen LogP contribution < -0.4 is 10.0 Å². The molecule has 4 aliphatic carbocycles. The zero-order valence-corrected chi connectivity index (χ0v) is 35.0. The molecule has 0 unspecified atom stereocenters. The lowest BCUT2D eigenvalue weighted by atomic mass is 9.73. The first-order valence-corrected chi connectivity index (χ1v) is 21.8. The van der Waals surface area contributed by atoms with Gasteiger partial charge in [-0.3, -0.25) is 28.7 Å². The second-order valence-electron chi connectivity index (χ2n) is 20.3. The summed E-state index contributed by atoms with van der Waals surface area (Å²) in [5.41, 5.74) is -1.72. The summed E-state index contributed by atoms with van der Waals surface area (Å²) < 4.78 is 27.9. The summed E-state index contributed by atoms with van der Waals surface area (Å²) in [4.78, 5) is 80.7. The Morgan fingerprint density at radius 3 is 2.18 bits per heavy atom. The molecule has 304 valence electrons. The van der Waals surface area contributed by atoms with E-state index in [1.165, 1.54) is 0 Å². The van der Waals surface area contributed by atoms with Crippen molar-refractivity contribution >= 4 is 50.3 Å². The van der Waals surface area contributed by atoms with Crippen molar-refractivity contribution in [2.75, 3.05) is 6.54 Å². The third-order valence-corrected chi connectivity index (χ3v) is 16.7. The quantitative estimate of drug-likeness (QED) is 0.211. The number of H-pyrrole nitrogens is 1. The van der Waals surface area contributed by atoms with E-state index in [1.807, 2.05) is 59.7 Å². The average molecular weight is 790 g/mol. The zero-order valence-electron chi connectivity index (χ0n) is 34.2. The topological polar surface area (TPSA) is 175 Å². The number of ketones is 2. The first kappa shape index (κ1) is 40.3. The van der Waals surface area contributed by atoms with E-state index in [-0.39, 0.29) is 58.3 Å². The maximum Gasteiger partial charge on any atom is 0.287 e. The minimum atomic E-state index is -3.84. The van der Waals surface area contributed by atoms with Crippen molar-refractivity contribution in [1.82, 2.24) is 24.9 Å². The highest BCUT2D eigenvalue weighted by Gasteiger charge is 2.85. The lowest BCUT2D eigenvalue weighted by molar-refractivity contribution is -0.146. The van der Waals surface area contributed by atoms with E-state index in [2.05, 4.69) is 40.4 Å². The molecule has 5 fully saturated rings. The molecule has 2 spiro atoms. The highest BCUT2D eigenvalue weighted by atomic mass is 32.2. The Morgan fingerprint density at radius 2 is 1.66 bits per heavy atom. The summed E-state index contributed by atoms with van der Waals surface area (Å²) in [7, 11) is -3.84. The number of likely N-dealkylation sites (tertiary alicyclic amines) is 1. The molecule has 2 aromatic rings. The van der Waals surface area contributed by atoms with Gasteiger partial charge in [-0.2, -0.15) is 0 Å². The van der Waals surface area contributed by atoms with Gasteiger partial charge >= 0.3 is 0 Å². The number of aromatic nitrogens is 2. The molecule has 0 radical (unpaired) electrons. The maximum atomic E-state index is 15.2. The third kappa shape index (κ3) is 6.34. The Labute approximate surface area is 330 Å². The normalized spacial score (nSPS) is 28.7. The first-order valence-electron chi connectivity index (χ1n) is 20.2. The number of carbonyl (C=O) groups is 5. The summed E-state index contributed by atoms with van der Waals surface area (Å²) in [6, 6.07) is 5.50. The number of benzene rings is 1. The van der Waals surface area contributed by atoms with Crippen molar-refractivity contribution in [1.29, 1.82) is 0 Å². The van der Waals surface area contributed by atoms with Crippen LogP contribution in [0.2, 0.25) is 0 Å². The van der Waals surface area contributed by atoms with Crippen LogP contribution in [0.15, 0.2) is 36.9 Å². The highest BCUT2D eigenvalue weighted by molar-refractivity contribution is 7.90. The van der Waals surface area contributed by atoms with Crippen molar-refractivity contribution in [3.63, 3.8) is 0 Å². The summed E-state index contributed by atoms with van der Waals surface area (Å²) in [6.45, 7) is 20.1.